The molecule has 0 bridgehead atoms. The summed E-state index contributed by atoms with van der Waals surface area (Å²) in [6.45, 7) is 0.690. The summed E-state index contributed by atoms with van der Waals surface area (Å²) in [6, 6.07) is 20.3. The van der Waals surface area contributed by atoms with Crippen molar-refractivity contribution in [3.8, 4) is 5.75 Å². The monoisotopic (exact) mass is 469 g/mol. The van der Waals surface area contributed by atoms with Crippen LogP contribution in [0.3, 0.4) is 0 Å². The maximum Gasteiger partial charge on any atom is 0.256 e. The first kappa shape index (κ1) is 21.9. The largest absolute Gasteiger partial charge is 0.489 e. The molecule has 0 fully saturated rings. The van der Waals surface area contributed by atoms with Crippen molar-refractivity contribution in [2.75, 3.05) is 5.32 Å². The zero-order valence-electron chi connectivity index (χ0n) is 16.8. The molecule has 0 aliphatic heterocycles. The van der Waals surface area contributed by atoms with Gasteiger partial charge in [0.05, 0.1) is 6.54 Å². The van der Waals surface area contributed by atoms with Crippen LogP contribution in [0.15, 0.2) is 79.0 Å². The highest BCUT2D eigenvalue weighted by molar-refractivity contribution is 6.33. The van der Waals surface area contributed by atoms with Crippen molar-refractivity contribution in [2.24, 2.45) is 0 Å². The second-order valence-corrected chi connectivity index (χ2v) is 7.89. The minimum absolute atomic E-state index is 0.239. The first-order valence-corrected chi connectivity index (χ1v) is 10.5. The van der Waals surface area contributed by atoms with Gasteiger partial charge in [-0.2, -0.15) is 5.10 Å². The summed E-state index contributed by atoms with van der Waals surface area (Å²) in [5, 5.41) is 7.93. The molecule has 0 saturated carbocycles. The fourth-order valence-corrected chi connectivity index (χ4v) is 3.34. The Labute approximate surface area is 194 Å². The standard InChI is InChI=1S/C24H18Cl2FN3O2/c25-19-8-10-21(11-9-19)32-15-16-4-6-18(7-5-16)24(31)28-23-22(26)14-30(29-23)13-17-2-1-3-20(27)12-17/h1-12,14H,13,15H2,(H,28,29,31). The summed E-state index contributed by atoms with van der Waals surface area (Å²) in [7, 11) is 0. The van der Waals surface area contributed by atoms with E-state index >= 15 is 0 Å². The number of ether oxygens (including phenoxy) is 1. The minimum Gasteiger partial charge on any atom is -0.489 e. The van der Waals surface area contributed by atoms with Gasteiger partial charge < -0.3 is 10.1 Å². The van der Waals surface area contributed by atoms with Crippen LogP contribution in [0.5, 0.6) is 5.75 Å². The van der Waals surface area contributed by atoms with Gasteiger partial charge in [-0.25, -0.2) is 4.39 Å². The third kappa shape index (κ3) is 5.66. The van der Waals surface area contributed by atoms with E-state index in [0.29, 0.717) is 34.5 Å². The van der Waals surface area contributed by atoms with Crippen LogP contribution >= 0.6 is 23.2 Å². The topological polar surface area (TPSA) is 56.2 Å². The Morgan fingerprint density at radius 3 is 2.47 bits per heavy atom. The van der Waals surface area contributed by atoms with Crippen molar-refractivity contribution >= 4 is 34.9 Å². The molecule has 32 heavy (non-hydrogen) atoms. The number of anilines is 1. The molecule has 0 aliphatic carbocycles. The zero-order chi connectivity index (χ0) is 22.5. The van der Waals surface area contributed by atoms with Crippen LogP contribution in [-0.4, -0.2) is 15.7 Å². The summed E-state index contributed by atoms with van der Waals surface area (Å²) in [5.41, 5.74) is 2.10. The molecule has 8 heteroatoms. The fraction of sp³-hybridized carbons (Fsp3) is 0.0833. The summed E-state index contributed by atoms with van der Waals surface area (Å²) in [6.07, 6.45) is 1.58. The van der Waals surface area contributed by atoms with Gasteiger partial charge in [0.2, 0.25) is 0 Å². The molecule has 0 radical (unpaired) electrons. The van der Waals surface area contributed by atoms with Crippen LogP contribution in [0, 0.1) is 5.82 Å². The lowest BCUT2D eigenvalue weighted by molar-refractivity contribution is 0.102. The average Bonchev–Trinajstić information content (AvgIpc) is 3.12. The molecule has 162 valence electrons. The number of amides is 1. The first-order chi connectivity index (χ1) is 15.5. The number of benzene rings is 3. The molecule has 4 aromatic rings. The molecular formula is C24H18Cl2FN3O2. The predicted molar refractivity (Wildman–Crippen MR) is 123 cm³/mol. The van der Waals surface area contributed by atoms with Crippen molar-refractivity contribution in [1.29, 1.82) is 0 Å². The molecule has 0 atom stereocenters. The maximum atomic E-state index is 13.4. The summed E-state index contributed by atoms with van der Waals surface area (Å²) < 4.78 is 20.6. The number of nitrogens with zero attached hydrogens (tertiary/aromatic N) is 2. The highest BCUT2D eigenvalue weighted by Gasteiger charge is 2.13. The average molecular weight is 470 g/mol. The molecule has 3 aromatic carbocycles. The van der Waals surface area contributed by atoms with Crippen molar-refractivity contribution in [3.05, 3.63) is 112 Å². The van der Waals surface area contributed by atoms with E-state index < -0.39 is 0 Å². The Morgan fingerprint density at radius 1 is 1.00 bits per heavy atom. The third-order valence-corrected chi connectivity index (χ3v) is 5.15. The fourth-order valence-electron chi connectivity index (χ4n) is 3.01. The second kappa shape index (κ2) is 9.85. The van der Waals surface area contributed by atoms with E-state index in [2.05, 4.69) is 10.4 Å². The van der Waals surface area contributed by atoms with Crippen LogP contribution in [-0.2, 0) is 13.2 Å². The van der Waals surface area contributed by atoms with E-state index in [0.717, 1.165) is 11.1 Å². The molecule has 1 aromatic heterocycles. The van der Waals surface area contributed by atoms with Crippen LogP contribution < -0.4 is 10.1 Å². The highest BCUT2D eigenvalue weighted by Crippen LogP contribution is 2.21. The Kier molecular flexibility index (Phi) is 6.73. The SMILES string of the molecule is O=C(Nc1nn(Cc2cccc(F)c2)cc1Cl)c1ccc(COc2ccc(Cl)cc2)cc1. The van der Waals surface area contributed by atoms with E-state index in [1.807, 2.05) is 12.1 Å². The van der Waals surface area contributed by atoms with Crippen molar-refractivity contribution in [3.63, 3.8) is 0 Å². The molecule has 1 N–H and O–H groups in total. The number of hydrogen-bond donors (Lipinski definition) is 1. The Hall–Kier alpha value is -3.35. The van der Waals surface area contributed by atoms with Gasteiger partial charge in [0.15, 0.2) is 5.82 Å². The quantitative estimate of drug-likeness (QED) is 0.350. The zero-order valence-corrected chi connectivity index (χ0v) is 18.3. The number of carbonyl (C=O) groups excluding carboxylic acids is 1. The van der Waals surface area contributed by atoms with E-state index in [-0.39, 0.29) is 17.5 Å². The lowest BCUT2D eigenvalue weighted by Crippen LogP contribution is -2.13. The highest BCUT2D eigenvalue weighted by atomic mass is 35.5. The summed E-state index contributed by atoms with van der Waals surface area (Å²) >= 11 is 12.1. The second-order valence-electron chi connectivity index (χ2n) is 7.05. The van der Waals surface area contributed by atoms with E-state index in [1.54, 1.807) is 59.4 Å². The number of rotatable bonds is 7. The van der Waals surface area contributed by atoms with Gasteiger partial charge in [-0.3, -0.25) is 9.48 Å². The molecule has 0 spiro atoms. The molecule has 0 aliphatic rings. The van der Waals surface area contributed by atoms with Gasteiger partial charge >= 0.3 is 0 Å². The summed E-state index contributed by atoms with van der Waals surface area (Å²) in [4.78, 5) is 12.6. The van der Waals surface area contributed by atoms with E-state index in [1.165, 1.54) is 12.1 Å². The smallest absolute Gasteiger partial charge is 0.256 e. The van der Waals surface area contributed by atoms with Gasteiger partial charge in [0.1, 0.15) is 23.2 Å². The minimum atomic E-state index is -0.340. The van der Waals surface area contributed by atoms with Crippen molar-refractivity contribution < 1.29 is 13.9 Å². The number of nitrogens with one attached hydrogen (secondary N) is 1. The Bertz CT molecular complexity index is 1220. The van der Waals surface area contributed by atoms with Crippen molar-refractivity contribution in [1.82, 2.24) is 9.78 Å². The van der Waals surface area contributed by atoms with Crippen molar-refractivity contribution in [2.45, 2.75) is 13.2 Å². The van der Waals surface area contributed by atoms with Gasteiger partial charge in [-0.05, 0) is 59.7 Å². The van der Waals surface area contributed by atoms with Crippen LogP contribution in [0.4, 0.5) is 10.2 Å². The number of carbonyl (C=O) groups is 1. The van der Waals surface area contributed by atoms with Gasteiger partial charge in [0.25, 0.3) is 5.91 Å². The molecule has 0 unspecified atom stereocenters. The summed E-state index contributed by atoms with van der Waals surface area (Å²) in [5.74, 6) is 0.285. The van der Waals surface area contributed by atoms with Gasteiger partial charge in [-0.1, -0.05) is 47.5 Å². The lowest BCUT2D eigenvalue weighted by atomic mass is 10.1. The van der Waals surface area contributed by atoms with Crippen LogP contribution in [0.2, 0.25) is 10.0 Å². The van der Waals surface area contributed by atoms with Gasteiger partial charge in [-0.15, -0.1) is 0 Å². The number of halogens is 3. The predicted octanol–water partition coefficient (Wildman–Crippen LogP) is 6.21. The van der Waals surface area contributed by atoms with Gasteiger partial charge in [0, 0.05) is 16.8 Å². The molecule has 1 heterocycles. The number of hydrogen-bond acceptors (Lipinski definition) is 3. The molecule has 4 rings (SSSR count). The van der Waals surface area contributed by atoms with E-state index in [9.17, 15) is 9.18 Å². The lowest BCUT2D eigenvalue weighted by Gasteiger charge is -2.07. The Balaban J connectivity index is 1.36. The number of aromatic nitrogens is 2. The third-order valence-electron chi connectivity index (χ3n) is 4.62. The first-order valence-electron chi connectivity index (χ1n) is 9.72. The molecule has 0 saturated heterocycles. The normalized spacial score (nSPS) is 10.7. The molecular weight excluding hydrogens is 452 g/mol. The van der Waals surface area contributed by atoms with E-state index in [4.69, 9.17) is 27.9 Å². The molecule has 1 amide bonds. The Morgan fingerprint density at radius 2 is 1.75 bits per heavy atom. The van der Waals surface area contributed by atoms with Crippen LogP contribution in [0.25, 0.3) is 0 Å². The molecule has 5 nitrogen and oxygen atoms in total. The maximum absolute atomic E-state index is 13.4. The van der Waals surface area contributed by atoms with Crippen LogP contribution in [0.1, 0.15) is 21.5 Å².